The number of rotatable bonds is 9. The van der Waals surface area contributed by atoms with E-state index in [2.05, 4.69) is 25.3 Å². The van der Waals surface area contributed by atoms with Crippen LogP contribution < -0.4 is 19.9 Å². The Kier molecular flexibility index (Phi) is 10.0. The number of halogens is 6. The molecule has 18 heteroatoms. The molecule has 3 aromatic carbocycles. The van der Waals surface area contributed by atoms with Crippen LogP contribution in [-0.4, -0.2) is 56.4 Å². The van der Waals surface area contributed by atoms with Crippen LogP contribution in [0.25, 0.3) is 17.1 Å². The number of aliphatic imine (C=N–C) groups is 1. The molecular weight excluding hydrogens is 674 g/mol. The SMILES string of the molecule is COc1ccc(CC(F)(F)F)c(N2C(=O)CSC2=NC(=S)NOCc2ccc(-c3ncn(-c4ccc(OC(F)(F)F)cc4)n3)cc2)c1. The van der Waals surface area contributed by atoms with Gasteiger partial charge in [0.1, 0.15) is 17.8 Å². The fourth-order valence-electron chi connectivity index (χ4n) is 4.29. The number of thioether (sulfide) groups is 1. The maximum absolute atomic E-state index is 13.2. The molecule has 0 spiro atoms. The molecule has 1 aliphatic heterocycles. The second-order valence-electron chi connectivity index (χ2n) is 9.65. The van der Waals surface area contributed by atoms with E-state index in [9.17, 15) is 31.1 Å². The highest BCUT2D eigenvalue weighted by molar-refractivity contribution is 8.15. The van der Waals surface area contributed by atoms with Gasteiger partial charge in [-0.3, -0.25) is 14.5 Å². The van der Waals surface area contributed by atoms with E-state index in [1.807, 2.05) is 0 Å². The van der Waals surface area contributed by atoms with E-state index in [1.165, 1.54) is 60.6 Å². The van der Waals surface area contributed by atoms with E-state index in [-0.39, 0.29) is 45.4 Å². The van der Waals surface area contributed by atoms with Gasteiger partial charge in [-0.15, -0.1) is 18.3 Å². The molecule has 2 heterocycles. The monoisotopic (exact) mass is 696 g/mol. The fraction of sp³-hybridized carbons (Fsp3) is 0.207. The van der Waals surface area contributed by atoms with E-state index in [4.69, 9.17) is 21.8 Å². The molecule has 246 valence electrons. The van der Waals surface area contributed by atoms with Crippen molar-refractivity contribution in [3.8, 4) is 28.6 Å². The van der Waals surface area contributed by atoms with Crippen LogP contribution in [0.5, 0.6) is 11.5 Å². The van der Waals surface area contributed by atoms with E-state index >= 15 is 0 Å². The van der Waals surface area contributed by atoms with E-state index in [1.54, 1.807) is 24.3 Å². The normalized spacial score (nSPS) is 14.5. The Labute approximate surface area is 272 Å². The largest absolute Gasteiger partial charge is 0.573 e. The van der Waals surface area contributed by atoms with Crippen molar-refractivity contribution in [2.45, 2.75) is 25.6 Å². The minimum absolute atomic E-state index is 0.00741. The number of hydrogen-bond acceptors (Lipinski definition) is 8. The van der Waals surface area contributed by atoms with Crippen molar-refractivity contribution in [3.05, 3.63) is 84.2 Å². The predicted octanol–water partition coefficient (Wildman–Crippen LogP) is 6.39. The van der Waals surface area contributed by atoms with Crippen LogP contribution in [0.3, 0.4) is 0 Å². The molecule has 10 nitrogen and oxygen atoms in total. The topological polar surface area (TPSA) is 103 Å². The molecule has 0 bridgehead atoms. The van der Waals surface area contributed by atoms with Crippen molar-refractivity contribution < 1.29 is 45.4 Å². The van der Waals surface area contributed by atoms with Gasteiger partial charge in [-0.1, -0.05) is 42.1 Å². The van der Waals surface area contributed by atoms with E-state index in [0.29, 0.717) is 17.1 Å². The van der Waals surface area contributed by atoms with Crippen LogP contribution >= 0.6 is 24.0 Å². The smallest absolute Gasteiger partial charge is 0.497 e. The van der Waals surface area contributed by atoms with Gasteiger partial charge in [-0.2, -0.15) is 18.2 Å². The number of amidine groups is 1. The van der Waals surface area contributed by atoms with Crippen LogP contribution in [0, 0.1) is 0 Å². The minimum atomic E-state index is -4.79. The molecule has 0 radical (unpaired) electrons. The molecule has 0 aliphatic carbocycles. The first-order valence-corrected chi connectivity index (χ1v) is 14.7. The minimum Gasteiger partial charge on any atom is -0.497 e. The van der Waals surface area contributed by atoms with Gasteiger partial charge in [-0.05, 0) is 53.7 Å². The lowest BCUT2D eigenvalue weighted by Gasteiger charge is -2.21. The van der Waals surface area contributed by atoms with Gasteiger partial charge in [0.25, 0.3) is 0 Å². The molecular formula is C29H22F6N6O4S2. The molecule has 1 amide bonds. The van der Waals surface area contributed by atoms with Crippen LogP contribution in [0.2, 0.25) is 0 Å². The standard InChI is InChI=1S/C29H22F6N6O4S2/c1-43-22-9-6-19(13-28(30,31)32)23(12-22)41-24(42)15-47-27(41)37-26(46)39-44-14-17-2-4-18(5-3-17)25-36-16-40(38-25)20-7-10-21(11-8-20)45-29(33,34)35/h2-12,16H,13-15H2,1H3,(H,39,46). The molecule has 1 saturated heterocycles. The number of carbonyl (C=O) groups is 1. The summed E-state index contributed by atoms with van der Waals surface area (Å²) in [5.74, 6) is -0.244. The number of methoxy groups -OCH3 is 1. The maximum Gasteiger partial charge on any atom is 0.573 e. The Morgan fingerprint density at radius 3 is 2.38 bits per heavy atom. The number of hydroxylamine groups is 1. The van der Waals surface area contributed by atoms with Crippen LogP contribution in [-0.2, 0) is 22.7 Å². The first-order chi connectivity index (χ1) is 22.3. The average molecular weight is 697 g/mol. The Morgan fingerprint density at radius 2 is 1.72 bits per heavy atom. The Morgan fingerprint density at radius 1 is 1.02 bits per heavy atom. The number of benzene rings is 3. The Hall–Kier alpha value is -4.68. The number of ether oxygens (including phenoxy) is 2. The molecule has 0 saturated carbocycles. The van der Waals surface area contributed by atoms with Gasteiger partial charge in [0.2, 0.25) is 11.0 Å². The number of carbonyl (C=O) groups excluding carboxylic acids is 1. The molecule has 1 fully saturated rings. The lowest BCUT2D eigenvalue weighted by atomic mass is 10.1. The number of hydrogen-bond donors (Lipinski definition) is 1. The quantitative estimate of drug-likeness (QED) is 0.121. The zero-order valence-corrected chi connectivity index (χ0v) is 25.6. The fourth-order valence-corrected chi connectivity index (χ4v) is 5.36. The van der Waals surface area contributed by atoms with E-state index in [0.717, 1.165) is 22.2 Å². The van der Waals surface area contributed by atoms with Gasteiger partial charge in [0, 0.05) is 11.6 Å². The van der Waals surface area contributed by atoms with Crippen molar-refractivity contribution in [3.63, 3.8) is 0 Å². The summed E-state index contributed by atoms with van der Waals surface area (Å²) in [6.45, 7) is 0.0425. The number of anilines is 1. The predicted molar refractivity (Wildman–Crippen MR) is 164 cm³/mol. The van der Waals surface area contributed by atoms with Crippen molar-refractivity contribution in [2.75, 3.05) is 17.8 Å². The van der Waals surface area contributed by atoms with Gasteiger partial charge in [0.15, 0.2) is 11.0 Å². The molecule has 1 N–H and O–H groups in total. The molecule has 0 unspecified atom stereocenters. The Bertz CT molecular complexity index is 1780. The van der Waals surface area contributed by atoms with Gasteiger partial charge < -0.3 is 9.47 Å². The average Bonchev–Trinajstić information content (AvgIpc) is 3.64. The Balaban J connectivity index is 1.19. The number of aromatic nitrogens is 3. The summed E-state index contributed by atoms with van der Waals surface area (Å²) >= 11 is 6.23. The highest BCUT2D eigenvalue weighted by Crippen LogP contribution is 2.36. The van der Waals surface area contributed by atoms with Gasteiger partial charge in [0.05, 0.1) is 37.3 Å². The number of nitrogens with one attached hydrogen (secondary N) is 1. The summed E-state index contributed by atoms with van der Waals surface area (Å²) in [6.07, 6.45) is -9.14. The zero-order valence-electron chi connectivity index (χ0n) is 24.0. The van der Waals surface area contributed by atoms with Crippen molar-refractivity contribution in [1.29, 1.82) is 0 Å². The van der Waals surface area contributed by atoms with Crippen molar-refractivity contribution >= 4 is 45.9 Å². The number of thiocarbonyl (C=S) groups is 1. The summed E-state index contributed by atoms with van der Waals surface area (Å²) in [5, 5.41) is 4.28. The van der Waals surface area contributed by atoms with Crippen molar-refractivity contribution in [1.82, 2.24) is 20.2 Å². The van der Waals surface area contributed by atoms with E-state index < -0.39 is 24.9 Å². The van der Waals surface area contributed by atoms with Gasteiger partial charge in [-0.25, -0.2) is 15.1 Å². The summed E-state index contributed by atoms with van der Waals surface area (Å²) in [6, 6.07) is 16.1. The first kappa shape index (κ1) is 33.7. The molecule has 1 aromatic heterocycles. The molecule has 0 atom stereocenters. The second kappa shape index (κ2) is 14.0. The highest BCUT2D eigenvalue weighted by atomic mass is 32.2. The summed E-state index contributed by atoms with van der Waals surface area (Å²) in [7, 11) is 1.36. The molecule has 4 aromatic rings. The number of amides is 1. The lowest BCUT2D eigenvalue weighted by molar-refractivity contribution is -0.274. The summed E-state index contributed by atoms with van der Waals surface area (Å²) in [5.41, 5.74) is 4.21. The van der Waals surface area contributed by atoms with Crippen LogP contribution in [0.1, 0.15) is 11.1 Å². The number of alkyl halides is 6. The second-order valence-corrected chi connectivity index (χ2v) is 11.0. The number of nitrogens with zero attached hydrogens (tertiary/aromatic N) is 5. The highest BCUT2D eigenvalue weighted by Gasteiger charge is 2.35. The zero-order chi connectivity index (χ0) is 33.8. The first-order valence-electron chi connectivity index (χ1n) is 13.3. The summed E-state index contributed by atoms with van der Waals surface area (Å²) < 4.78 is 87.3. The maximum atomic E-state index is 13.2. The lowest BCUT2D eigenvalue weighted by Crippen LogP contribution is -2.32. The van der Waals surface area contributed by atoms with Crippen molar-refractivity contribution in [2.24, 2.45) is 4.99 Å². The van der Waals surface area contributed by atoms with Gasteiger partial charge >= 0.3 is 12.5 Å². The third kappa shape index (κ3) is 8.99. The summed E-state index contributed by atoms with van der Waals surface area (Å²) in [4.78, 5) is 27.7. The van der Waals surface area contributed by atoms with Crippen LogP contribution in [0.4, 0.5) is 32.0 Å². The molecule has 47 heavy (non-hydrogen) atoms. The molecule has 5 rings (SSSR count). The third-order valence-electron chi connectivity index (χ3n) is 6.32. The molecule has 1 aliphatic rings. The van der Waals surface area contributed by atoms with Crippen LogP contribution in [0.15, 0.2) is 78.0 Å². The third-order valence-corrected chi connectivity index (χ3v) is 7.42.